The second kappa shape index (κ2) is 6.95. The van der Waals surface area contributed by atoms with Gasteiger partial charge in [-0.2, -0.15) is 0 Å². The molecular formula is C12H8Cl6O2. The van der Waals surface area contributed by atoms with Crippen molar-refractivity contribution in [1.29, 1.82) is 0 Å². The molecule has 0 aliphatic carbocycles. The molecular weight excluding hydrogens is 389 g/mol. The summed E-state index contributed by atoms with van der Waals surface area (Å²) < 4.78 is 1.00. The summed E-state index contributed by atoms with van der Waals surface area (Å²) in [5.74, 6) is -0.732. The highest BCUT2D eigenvalue weighted by molar-refractivity contribution is 6.71. The number of carbonyl (C=O) groups is 1. The monoisotopic (exact) mass is 394 g/mol. The van der Waals surface area contributed by atoms with E-state index in [-0.39, 0.29) is 16.4 Å². The van der Waals surface area contributed by atoms with Crippen molar-refractivity contribution < 1.29 is 9.53 Å². The van der Waals surface area contributed by atoms with Gasteiger partial charge in [-0.25, -0.2) is 4.79 Å². The van der Waals surface area contributed by atoms with Gasteiger partial charge in [-0.15, -0.1) is 0 Å². The Morgan fingerprint density at radius 1 is 1.05 bits per heavy atom. The number of ether oxygens (including phenoxy) is 1. The number of carbonyl (C=O) groups excluding carboxylic acids is 1. The minimum Gasteiger partial charge on any atom is -0.424 e. The molecule has 0 fully saturated rings. The van der Waals surface area contributed by atoms with Crippen LogP contribution in [0.3, 0.4) is 0 Å². The van der Waals surface area contributed by atoms with Crippen molar-refractivity contribution in [3.8, 4) is 5.75 Å². The predicted octanol–water partition coefficient (Wildman–Crippen LogP) is 5.65. The van der Waals surface area contributed by atoms with Gasteiger partial charge in [-0.1, -0.05) is 87.8 Å². The summed E-state index contributed by atoms with van der Waals surface area (Å²) in [6.45, 7) is 1.39. The fraction of sp³-hybridized carbons (Fsp3) is 0.250. The molecule has 1 rings (SSSR count). The van der Waals surface area contributed by atoms with Crippen LogP contribution in [0, 0.1) is 0 Å². The maximum atomic E-state index is 12.0. The van der Waals surface area contributed by atoms with Crippen LogP contribution < -0.4 is 4.74 Å². The Labute approximate surface area is 146 Å². The highest BCUT2D eigenvalue weighted by atomic mass is 35.6. The molecule has 0 aliphatic rings. The maximum Gasteiger partial charge on any atom is 0.353 e. The lowest BCUT2D eigenvalue weighted by molar-refractivity contribution is -0.134. The first-order valence-corrected chi connectivity index (χ1v) is 7.42. The molecule has 0 aliphatic heterocycles. The normalized spacial score (nSPS) is 13.8. The van der Waals surface area contributed by atoms with Crippen molar-refractivity contribution in [2.45, 2.75) is 15.0 Å². The molecule has 0 radical (unpaired) electrons. The smallest absolute Gasteiger partial charge is 0.353 e. The first kappa shape index (κ1) is 18.2. The van der Waals surface area contributed by atoms with Gasteiger partial charge in [0.05, 0.1) is 5.03 Å². The van der Waals surface area contributed by atoms with E-state index >= 15 is 0 Å². The van der Waals surface area contributed by atoms with Crippen LogP contribution in [0.4, 0.5) is 0 Å². The number of rotatable bonds is 3. The van der Waals surface area contributed by atoms with Crippen LogP contribution in [-0.4, -0.2) is 14.1 Å². The molecule has 0 amide bonds. The first-order chi connectivity index (χ1) is 9.06. The van der Waals surface area contributed by atoms with Gasteiger partial charge in [0.2, 0.25) is 8.13 Å². The van der Waals surface area contributed by atoms with Gasteiger partial charge in [-0.05, 0) is 24.6 Å². The second-order valence-electron chi connectivity index (χ2n) is 3.71. The first-order valence-electron chi connectivity index (χ1n) is 5.16. The van der Waals surface area contributed by atoms with E-state index in [0.717, 1.165) is 0 Å². The Morgan fingerprint density at radius 2 is 1.55 bits per heavy atom. The van der Waals surface area contributed by atoms with Crippen LogP contribution in [0.25, 0.3) is 0 Å². The van der Waals surface area contributed by atoms with E-state index < -0.39 is 14.1 Å². The average molecular weight is 397 g/mol. The van der Waals surface area contributed by atoms with Crippen molar-refractivity contribution >= 4 is 75.6 Å². The highest BCUT2D eigenvalue weighted by Crippen LogP contribution is 2.44. The third-order valence-corrected chi connectivity index (χ3v) is 4.54. The number of hydrogen-bond acceptors (Lipinski definition) is 2. The minimum absolute atomic E-state index is 0.0270. The molecule has 110 valence electrons. The van der Waals surface area contributed by atoms with Crippen molar-refractivity contribution in [3.05, 3.63) is 40.9 Å². The lowest BCUT2D eigenvalue weighted by atomic mass is 10.2. The second-order valence-corrected chi connectivity index (χ2v) is 7.70. The zero-order valence-electron chi connectivity index (χ0n) is 9.97. The Hall–Kier alpha value is 0.170. The molecule has 0 unspecified atom stereocenters. The van der Waals surface area contributed by atoms with Gasteiger partial charge in [0.1, 0.15) is 5.75 Å². The molecule has 0 spiro atoms. The summed E-state index contributed by atoms with van der Waals surface area (Å²) in [5, 5.41) is -0.318. The largest absolute Gasteiger partial charge is 0.424 e. The van der Waals surface area contributed by atoms with Crippen LogP contribution >= 0.6 is 69.6 Å². The number of para-hydroxylation sites is 1. The van der Waals surface area contributed by atoms with Crippen LogP contribution in [0.2, 0.25) is 0 Å². The van der Waals surface area contributed by atoms with Gasteiger partial charge in [0.15, 0.2) is 0 Å². The van der Waals surface area contributed by atoms with Gasteiger partial charge in [0, 0.05) is 0 Å². The number of benzene rings is 1. The van der Waals surface area contributed by atoms with Crippen LogP contribution in [0.1, 0.15) is 6.92 Å². The van der Waals surface area contributed by atoms with Crippen LogP contribution in [0.15, 0.2) is 40.9 Å². The number of hydrogen-bond donors (Lipinski definition) is 0. The van der Waals surface area contributed by atoms with Crippen molar-refractivity contribution in [2.24, 2.45) is 0 Å². The molecule has 0 N–H and O–H groups in total. The highest BCUT2D eigenvalue weighted by Gasteiger charge is 2.43. The van der Waals surface area contributed by atoms with E-state index in [2.05, 4.69) is 0 Å². The van der Waals surface area contributed by atoms with Crippen molar-refractivity contribution in [1.82, 2.24) is 0 Å². The Kier molecular flexibility index (Phi) is 6.33. The number of alkyl halides is 5. The quantitative estimate of drug-likeness (QED) is 0.375. The minimum atomic E-state index is -2.18. The average Bonchev–Trinajstić information content (AvgIpc) is 2.36. The summed E-state index contributed by atoms with van der Waals surface area (Å²) in [6, 6.07) is 8.22. The van der Waals surface area contributed by atoms with Gasteiger partial charge < -0.3 is 4.74 Å². The summed E-state index contributed by atoms with van der Waals surface area (Å²) >= 11 is 34.8. The fourth-order valence-electron chi connectivity index (χ4n) is 1.11. The van der Waals surface area contributed by atoms with E-state index in [1.165, 1.54) is 6.92 Å². The topological polar surface area (TPSA) is 26.3 Å². The molecule has 20 heavy (non-hydrogen) atoms. The molecule has 0 saturated carbocycles. The van der Waals surface area contributed by atoms with E-state index in [1.807, 2.05) is 0 Å². The Bertz CT molecular complexity index is 518. The van der Waals surface area contributed by atoms with E-state index in [1.54, 1.807) is 30.3 Å². The van der Waals surface area contributed by atoms with Gasteiger partial charge in [-0.3, -0.25) is 0 Å². The van der Waals surface area contributed by atoms with E-state index in [0.29, 0.717) is 0 Å². The van der Waals surface area contributed by atoms with Crippen molar-refractivity contribution in [3.63, 3.8) is 0 Å². The zero-order chi connectivity index (χ0) is 15.6. The lowest BCUT2D eigenvalue weighted by Crippen LogP contribution is -2.33. The van der Waals surface area contributed by atoms with Crippen molar-refractivity contribution in [2.75, 3.05) is 0 Å². The fourth-order valence-corrected chi connectivity index (χ4v) is 2.12. The molecule has 1 aromatic rings. The lowest BCUT2D eigenvalue weighted by Gasteiger charge is -2.22. The number of allylic oxidation sites excluding steroid dienone is 1. The number of halogens is 6. The number of esters is 1. The molecule has 2 nitrogen and oxygen atoms in total. The SMILES string of the molecule is C/C(=C(\Cl)C(Cl)(Cl)C(=O)Oc1ccccc1)C(Cl)(Cl)Cl. The molecule has 0 atom stereocenters. The van der Waals surface area contributed by atoms with Crippen LogP contribution in [-0.2, 0) is 4.79 Å². The van der Waals surface area contributed by atoms with Crippen LogP contribution in [0.5, 0.6) is 5.75 Å². The van der Waals surface area contributed by atoms with Gasteiger partial charge >= 0.3 is 5.97 Å². The predicted molar refractivity (Wildman–Crippen MR) is 85.4 cm³/mol. The summed E-state index contributed by atoms with van der Waals surface area (Å²) in [4.78, 5) is 12.0. The molecule has 8 heteroatoms. The molecule has 0 saturated heterocycles. The maximum absolute atomic E-state index is 12.0. The standard InChI is InChI=1S/C12H8Cl6O2/c1-7(12(16,17)18)9(13)11(14,15)10(19)20-8-5-3-2-4-6-8/h2-6H,1H3/b9-7+. The summed E-state index contributed by atoms with van der Waals surface area (Å²) in [7, 11) is 0. The molecule has 0 bridgehead atoms. The summed E-state index contributed by atoms with van der Waals surface area (Å²) in [6.07, 6.45) is 0. The Balaban J connectivity index is 3.02. The third-order valence-electron chi connectivity index (χ3n) is 2.24. The summed E-state index contributed by atoms with van der Waals surface area (Å²) in [5.41, 5.74) is 0.0270. The third kappa shape index (κ3) is 4.59. The molecule has 1 aromatic carbocycles. The molecule has 0 heterocycles. The Morgan fingerprint density at radius 3 is 2.00 bits per heavy atom. The van der Waals surface area contributed by atoms with E-state index in [4.69, 9.17) is 74.3 Å². The molecule has 0 aromatic heterocycles. The zero-order valence-corrected chi connectivity index (χ0v) is 14.5. The van der Waals surface area contributed by atoms with Gasteiger partial charge in [0.25, 0.3) is 0 Å². The van der Waals surface area contributed by atoms with E-state index in [9.17, 15) is 4.79 Å².